The predicted molar refractivity (Wildman–Crippen MR) is 101 cm³/mol. The van der Waals surface area contributed by atoms with Crippen LogP contribution in [0.15, 0.2) is 70.6 Å². The number of aromatic carboxylic acids is 1. The van der Waals surface area contributed by atoms with Crippen molar-refractivity contribution in [3.8, 4) is 5.75 Å². The molecule has 2 aromatic rings. The van der Waals surface area contributed by atoms with Gasteiger partial charge in [-0.15, -0.1) is 0 Å². The molecule has 3 N–H and O–H groups in total. The molecule has 1 aliphatic heterocycles. The van der Waals surface area contributed by atoms with Crippen molar-refractivity contribution in [1.82, 2.24) is 5.32 Å². The largest absolute Gasteiger partial charge is 0.507 e. The number of rotatable bonds is 4. The van der Waals surface area contributed by atoms with E-state index in [0.717, 1.165) is 5.56 Å². The van der Waals surface area contributed by atoms with Crippen molar-refractivity contribution < 1.29 is 19.8 Å². The smallest absolute Gasteiger partial charge is 0.339 e. The zero-order valence-corrected chi connectivity index (χ0v) is 14.2. The summed E-state index contributed by atoms with van der Waals surface area (Å²) in [5, 5.41) is 21.6. The number of carboxylic acid groups (broad SMARTS) is 1. The van der Waals surface area contributed by atoms with Crippen LogP contribution in [0.2, 0.25) is 0 Å². The lowest BCUT2D eigenvalue weighted by atomic mass is 10.2. The fraction of sp³-hybridized carbons (Fsp3) is 0. The van der Waals surface area contributed by atoms with Gasteiger partial charge in [-0.2, -0.15) is 0 Å². The van der Waals surface area contributed by atoms with Gasteiger partial charge in [0.05, 0.1) is 10.6 Å². The molecule has 1 saturated heterocycles. The Morgan fingerprint density at radius 1 is 1.15 bits per heavy atom. The number of carbonyl (C=O) groups excluding carboxylic acids is 1. The molecule has 26 heavy (non-hydrogen) atoms. The second kappa shape index (κ2) is 7.71. The Balaban J connectivity index is 1.74. The van der Waals surface area contributed by atoms with Gasteiger partial charge < -0.3 is 15.5 Å². The van der Waals surface area contributed by atoms with Gasteiger partial charge in [0.15, 0.2) is 5.17 Å². The molecule has 3 rings (SSSR count). The lowest BCUT2D eigenvalue weighted by molar-refractivity contribution is -0.115. The van der Waals surface area contributed by atoms with Crippen molar-refractivity contribution in [2.45, 2.75) is 0 Å². The summed E-state index contributed by atoms with van der Waals surface area (Å²) in [7, 11) is 0. The summed E-state index contributed by atoms with van der Waals surface area (Å²) in [6.45, 7) is 0. The Hall–Kier alpha value is -3.32. The van der Waals surface area contributed by atoms with E-state index in [1.165, 1.54) is 30.0 Å². The molecule has 0 spiro atoms. The molecule has 130 valence electrons. The Morgan fingerprint density at radius 2 is 1.92 bits per heavy atom. The molecule has 0 aliphatic carbocycles. The number of hydrogen-bond acceptors (Lipinski definition) is 5. The summed E-state index contributed by atoms with van der Waals surface area (Å²) < 4.78 is 0. The van der Waals surface area contributed by atoms with Crippen LogP contribution < -0.4 is 5.32 Å². The first-order valence-corrected chi connectivity index (χ1v) is 8.42. The average Bonchev–Trinajstić information content (AvgIpc) is 2.95. The molecule has 1 amide bonds. The van der Waals surface area contributed by atoms with E-state index < -0.39 is 5.97 Å². The number of allylic oxidation sites excluding steroid dienone is 2. The Bertz CT molecular complexity index is 949. The Labute approximate surface area is 153 Å². The van der Waals surface area contributed by atoms with Gasteiger partial charge in [-0.3, -0.25) is 4.79 Å². The number of thioether (sulfide) groups is 1. The number of nitrogens with zero attached hydrogens (tertiary/aromatic N) is 1. The molecule has 2 aromatic carbocycles. The number of aliphatic imine (C=N–C) groups is 1. The third kappa shape index (κ3) is 4.20. The zero-order valence-electron chi connectivity index (χ0n) is 13.4. The first-order chi connectivity index (χ1) is 12.5. The van der Waals surface area contributed by atoms with E-state index >= 15 is 0 Å². The molecule has 0 radical (unpaired) electrons. The minimum absolute atomic E-state index is 0.205. The quantitative estimate of drug-likeness (QED) is 0.719. The van der Waals surface area contributed by atoms with E-state index in [0.29, 0.717) is 15.8 Å². The maximum absolute atomic E-state index is 12.0. The van der Waals surface area contributed by atoms with Gasteiger partial charge in [-0.05, 0) is 35.5 Å². The molecule has 0 bridgehead atoms. The number of amides is 1. The van der Waals surface area contributed by atoms with Crippen LogP contribution in [0.4, 0.5) is 5.69 Å². The Kier molecular flexibility index (Phi) is 5.19. The maximum Gasteiger partial charge on any atom is 0.339 e. The number of nitrogens with one attached hydrogen (secondary N) is 1. The zero-order chi connectivity index (χ0) is 18.5. The van der Waals surface area contributed by atoms with Crippen LogP contribution in [0.3, 0.4) is 0 Å². The van der Waals surface area contributed by atoms with Gasteiger partial charge in [-0.1, -0.05) is 42.5 Å². The van der Waals surface area contributed by atoms with Crippen LogP contribution in [0, 0.1) is 0 Å². The minimum Gasteiger partial charge on any atom is -0.507 e. The van der Waals surface area contributed by atoms with Crippen LogP contribution in [-0.4, -0.2) is 27.3 Å². The molecule has 0 saturated carbocycles. The van der Waals surface area contributed by atoms with Gasteiger partial charge in [0.1, 0.15) is 11.3 Å². The molecule has 0 unspecified atom stereocenters. The van der Waals surface area contributed by atoms with Crippen molar-refractivity contribution in [2.75, 3.05) is 0 Å². The van der Waals surface area contributed by atoms with E-state index in [1.807, 2.05) is 36.4 Å². The van der Waals surface area contributed by atoms with Crippen molar-refractivity contribution >= 4 is 40.6 Å². The SMILES string of the molecule is O=C1NC(=Nc2ccc(C(=O)O)c(O)c2)S/C1=C\C=C\c1ccccc1. The number of hydrogen-bond donors (Lipinski definition) is 3. The highest BCUT2D eigenvalue weighted by atomic mass is 32.2. The third-order valence-electron chi connectivity index (χ3n) is 3.43. The van der Waals surface area contributed by atoms with E-state index in [2.05, 4.69) is 10.3 Å². The molecule has 0 aromatic heterocycles. The van der Waals surface area contributed by atoms with Gasteiger partial charge >= 0.3 is 5.97 Å². The van der Waals surface area contributed by atoms with Gasteiger partial charge in [0.2, 0.25) is 0 Å². The molecule has 7 heteroatoms. The lowest BCUT2D eigenvalue weighted by Gasteiger charge is -2.01. The molecule has 1 aliphatic rings. The maximum atomic E-state index is 12.0. The predicted octanol–water partition coefficient (Wildman–Crippen LogP) is 3.54. The molecular weight excluding hydrogens is 352 g/mol. The average molecular weight is 366 g/mol. The summed E-state index contributed by atoms with van der Waals surface area (Å²) in [6, 6.07) is 13.7. The number of carboxylic acids is 1. The number of benzene rings is 2. The highest BCUT2D eigenvalue weighted by Gasteiger charge is 2.23. The second-order valence-electron chi connectivity index (χ2n) is 5.28. The van der Waals surface area contributed by atoms with Crippen LogP contribution in [0.5, 0.6) is 5.75 Å². The first kappa shape index (κ1) is 17.5. The van der Waals surface area contributed by atoms with Crippen LogP contribution in [0.1, 0.15) is 15.9 Å². The van der Waals surface area contributed by atoms with Crippen molar-refractivity contribution in [3.05, 3.63) is 76.7 Å². The van der Waals surface area contributed by atoms with E-state index in [1.54, 1.807) is 12.2 Å². The lowest BCUT2D eigenvalue weighted by Crippen LogP contribution is -2.19. The van der Waals surface area contributed by atoms with Crippen molar-refractivity contribution in [2.24, 2.45) is 4.99 Å². The molecular formula is C19H14N2O4S. The molecule has 1 heterocycles. The van der Waals surface area contributed by atoms with Crippen LogP contribution in [0.25, 0.3) is 6.08 Å². The summed E-state index contributed by atoms with van der Waals surface area (Å²) >= 11 is 1.17. The second-order valence-corrected chi connectivity index (χ2v) is 6.31. The molecule has 0 atom stereocenters. The number of phenols is 1. The fourth-order valence-electron chi connectivity index (χ4n) is 2.19. The summed E-state index contributed by atoms with van der Waals surface area (Å²) in [6.07, 6.45) is 5.37. The number of carbonyl (C=O) groups is 2. The third-order valence-corrected chi connectivity index (χ3v) is 4.36. The minimum atomic E-state index is -1.22. The fourth-order valence-corrected chi connectivity index (χ4v) is 2.99. The summed E-state index contributed by atoms with van der Waals surface area (Å²) in [5.74, 6) is -1.87. The van der Waals surface area contributed by atoms with E-state index in [9.17, 15) is 14.7 Å². The van der Waals surface area contributed by atoms with Gasteiger partial charge in [0.25, 0.3) is 5.91 Å². The van der Waals surface area contributed by atoms with Crippen LogP contribution in [-0.2, 0) is 4.79 Å². The molecule has 1 fully saturated rings. The van der Waals surface area contributed by atoms with Gasteiger partial charge in [0, 0.05) is 6.07 Å². The summed E-state index contributed by atoms with van der Waals surface area (Å²) in [5.41, 5.74) is 1.16. The molecule has 6 nitrogen and oxygen atoms in total. The number of amidine groups is 1. The summed E-state index contributed by atoms with van der Waals surface area (Å²) in [4.78, 5) is 27.6. The van der Waals surface area contributed by atoms with Crippen LogP contribution >= 0.6 is 11.8 Å². The topological polar surface area (TPSA) is 99.0 Å². The van der Waals surface area contributed by atoms with Crippen molar-refractivity contribution in [1.29, 1.82) is 0 Å². The highest BCUT2D eigenvalue weighted by molar-refractivity contribution is 8.18. The highest BCUT2D eigenvalue weighted by Crippen LogP contribution is 2.29. The first-order valence-electron chi connectivity index (χ1n) is 7.60. The van der Waals surface area contributed by atoms with E-state index in [-0.39, 0.29) is 17.2 Å². The standard InChI is InChI=1S/C19H14N2O4S/c22-15-11-13(9-10-14(15)18(24)25)20-19-21-17(23)16(26-19)8-4-7-12-5-2-1-3-6-12/h1-11,22H,(H,24,25)(H,20,21,23)/b7-4+,16-8-. The Morgan fingerprint density at radius 3 is 2.62 bits per heavy atom. The van der Waals surface area contributed by atoms with E-state index in [4.69, 9.17) is 5.11 Å². The number of aromatic hydroxyl groups is 1. The normalized spacial score (nSPS) is 17.2. The van der Waals surface area contributed by atoms with Gasteiger partial charge in [-0.25, -0.2) is 9.79 Å². The monoisotopic (exact) mass is 366 g/mol. The van der Waals surface area contributed by atoms with Crippen molar-refractivity contribution in [3.63, 3.8) is 0 Å².